The lowest BCUT2D eigenvalue weighted by Crippen LogP contribution is -2.09. The standard InChI is InChI=1S/C12H12FNO3/c1-3-16-11-5-8(7-14)10(13)6-9(11)12(15)17-4-2/h5-6H,3-4H2,1-2H3. The monoisotopic (exact) mass is 237 g/mol. The fourth-order valence-corrected chi connectivity index (χ4v) is 1.28. The zero-order valence-corrected chi connectivity index (χ0v) is 9.62. The summed E-state index contributed by atoms with van der Waals surface area (Å²) in [6, 6.07) is 3.84. The number of carbonyl (C=O) groups is 1. The van der Waals surface area contributed by atoms with Crippen LogP contribution in [0.2, 0.25) is 0 Å². The maximum Gasteiger partial charge on any atom is 0.342 e. The van der Waals surface area contributed by atoms with Crippen LogP contribution in [-0.2, 0) is 4.74 Å². The van der Waals surface area contributed by atoms with Crippen molar-refractivity contribution < 1.29 is 18.7 Å². The Kier molecular flexibility index (Phi) is 4.46. The van der Waals surface area contributed by atoms with E-state index in [4.69, 9.17) is 14.7 Å². The first kappa shape index (κ1) is 13.0. The highest BCUT2D eigenvalue weighted by Gasteiger charge is 2.17. The van der Waals surface area contributed by atoms with E-state index in [2.05, 4.69) is 0 Å². The Morgan fingerprint density at radius 3 is 2.65 bits per heavy atom. The van der Waals surface area contributed by atoms with E-state index in [0.717, 1.165) is 6.07 Å². The summed E-state index contributed by atoms with van der Waals surface area (Å²) in [4.78, 5) is 11.5. The van der Waals surface area contributed by atoms with Crippen molar-refractivity contribution in [3.05, 3.63) is 29.1 Å². The van der Waals surface area contributed by atoms with Crippen LogP contribution in [0.15, 0.2) is 12.1 Å². The molecule has 5 heteroatoms. The minimum Gasteiger partial charge on any atom is -0.493 e. The van der Waals surface area contributed by atoms with Crippen molar-refractivity contribution in [1.29, 1.82) is 5.26 Å². The number of nitrogens with zero attached hydrogens (tertiary/aromatic N) is 1. The first-order valence-corrected chi connectivity index (χ1v) is 5.17. The molecule has 1 aromatic carbocycles. The average molecular weight is 237 g/mol. The van der Waals surface area contributed by atoms with Crippen LogP contribution in [0.1, 0.15) is 29.8 Å². The minimum absolute atomic E-state index is 0.00907. The molecule has 0 radical (unpaired) electrons. The highest BCUT2D eigenvalue weighted by atomic mass is 19.1. The maximum absolute atomic E-state index is 13.4. The fraction of sp³-hybridized carbons (Fsp3) is 0.333. The topological polar surface area (TPSA) is 59.3 Å². The Balaban J connectivity index is 3.23. The third-order valence-corrected chi connectivity index (χ3v) is 1.98. The van der Waals surface area contributed by atoms with E-state index in [0.29, 0.717) is 6.61 Å². The van der Waals surface area contributed by atoms with Gasteiger partial charge in [-0.25, -0.2) is 9.18 Å². The number of ether oxygens (including phenoxy) is 2. The number of nitriles is 1. The molecule has 0 spiro atoms. The number of hydrogen-bond acceptors (Lipinski definition) is 4. The summed E-state index contributed by atoms with van der Waals surface area (Å²) in [5.41, 5.74) is -0.174. The van der Waals surface area contributed by atoms with E-state index in [1.165, 1.54) is 6.07 Å². The number of hydrogen-bond donors (Lipinski definition) is 0. The molecule has 0 aromatic heterocycles. The number of carbonyl (C=O) groups excluding carboxylic acids is 1. The Labute approximate surface area is 98.6 Å². The summed E-state index contributed by atoms with van der Waals surface area (Å²) in [6.45, 7) is 3.87. The molecule has 90 valence electrons. The molecule has 0 unspecified atom stereocenters. The van der Waals surface area contributed by atoms with Gasteiger partial charge in [-0.05, 0) is 19.9 Å². The van der Waals surface area contributed by atoms with Crippen molar-refractivity contribution in [2.45, 2.75) is 13.8 Å². The highest BCUT2D eigenvalue weighted by molar-refractivity contribution is 5.92. The molecule has 1 rings (SSSR count). The molecule has 0 amide bonds. The second kappa shape index (κ2) is 5.85. The van der Waals surface area contributed by atoms with E-state index in [1.807, 2.05) is 0 Å². The predicted octanol–water partition coefficient (Wildman–Crippen LogP) is 2.27. The van der Waals surface area contributed by atoms with E-state index in [1.54, 1.807) is 19.9 Å². The van der Waals surface area contributed by atoms with Gasteiger partial charge in [0, 0.05) is 6.07 Å². The second-order valence-corrected chi connectivity index (χ2v) is 3.09. The number of halogens is 1. The van der Waals surface area contributed by atoms with Crippen LogP contribution in [0, 0.1) is 17.1 Å². The maximum atomic E-state index is 13.4. The van der Waals surface area contributed by atoms with Crippen molar-refractivity contribution in [1.82, 2.24) is 0 Å². The lowest BCUT2D eigenvalue weighted by Gasteiger charge is -2.10. The summed E-state index contributed by atoms with van der Waals surface area (Å²) < 4.78 is 23.3. The molecular formula is C12H12FNO3. The SMILES string of the molecule is CCOC(=O)c1cc(F)c(C#N)cc1OCC. The number of esters is 1. The van der Waals surface area contributed by atoms with Crippen molar-refractivity contribution in [3.8, 4) is 11.8 Å². The second-order valence-electron chi connectivity index (χ2n) is 3.09. The van der Waals surface area contributed by atoms with Crippen molar-refractivity contribution in [3.63, 3.8) is 0 Å². The molecule has 0 atom stereocenters. The Bertz CT molecular complexity index is 466. The molecule has 0 fully saturated rings. The molecule has 0 bridgehead atoms. The van der Waals surface area contributed by atoms with Gasteiger partial charge in [-0.15, -0.1) is 0 Å². The molecule has 0 aliphatic carbocycles. The van der Waals surface area contributed by atoms with Crippen LogP contribution in [0.3, 0.4) is 0 Å². The molecule has 0 aliphatic rings. The van der Waals surface area contributed by atoms with Gasteiger partial charge in [0.05, 0.1) is 18.8 Å². The molecular weight excluding hydrogens is 225 g/mol. The largest absolute Gasteiger partial charge is 0.493 e. The summed E-state index contributed by atoms with van der Waals surface area (Å²) in [5, 5.41) is 8.68. The van der Waals surface area contributed by atoms with Gasteiger partial charge in [0.25, 0.3) is 0 Å². The van der Waals surface area contributed by atoms with E-state index in [9.17, 15) is 9.18 Å². The van der Waals surface area contributed by atoms with Crippen LogP contribution in [0.4, 0.5) is 4.39 Å². The van der Waals surface area contributed by atoms with Crippen LogP contribution < -0.4 is 4.74 Å². The van der Waals surface area contributed by atoms with Crippen LogP contribution in [-0.4, -0.2) is 19.2 Å². The molecule has 0 aliphatic heterocycles. The molecule has 4 nitrogen and oxygen atoms in total. The van der Waals surface area contributed by atoms with Gasteiger partial charge in [0.2, 0.25) is 0 Å². The van der Waals surface area contributed by atoms with E-state index >= 15 is 0 Å². The third-order valence-electron chi connectivity index (χ3n) is 1.98. The van der Waals surface area contributed by atoms with Crippen molar-refractivity contribution in [2.24, 2.45) is 0 Å². The minimum atomic E-state index is -0.765. The number of rotatable bonds is 4. The quantitative estimate of drug-likeness (QED) is 0.754. The predicted molar refractivity (Wildman–Crippen MR) is 58.2 cm³/mol. The smallest absolute Gasteiger partial charge is 0.342 e. The molecule has 17 heavy (non-hydrogen) atoms. The normalized spacial score (nSPS) is 9.53. The van der Waals surface area contributed by atoms with Gasteiger partial charge < -0.3 is 9.47 Å². The average Bonchev–Trinajstić information content (AvgIpc) is 2.31. The zero-order valence-electron chi connectivity index (χ0n) is 9.62. The van der Waals surface area contributed by atoms with Crippen molar-refractivity contribution in [2.75, 3.05) is 13.2 Å². The fourth-order valence-electron chi connectivity index (χ4n) is 1.28. The van der Waals surface area contributed by atoms with Gasteiger partial charge in [-0.2, -0.15) is 5.26 Å². The Hall–Kier alpha value is -2.09. The van der Waals surface area contributed by atoms with E-state index in [-0.39, 0.29) is 23.5 Å². The Morgan fingerprint density at radius 1 is 1.41 bits per heavy atom. The van der Waals surface area contributed by atoms with Gasteiger partial charge in [0.15, 0.2) is 0 Å². The summed E-state index contributed by atoms with van der Waals surface area (Å²) >= 11 is 0. The van der Waals surface area contributed by atoms with Gasteiger partial charge in [-0.1, -0.05) is 0 Å². The molecule has 1 aromatic rings. The van der Waals surface area contributed by atoms with Gasteiger partial charge in [0.1, 0.15) is 23.2 Å². The Morgan fingerprint density at radius 2 is 2.12 bits per heavy atom. The van der Waals surface area contributed by atoms with Crippen LogP contribution >= 0.6 is 0 Å². The van der Waals surface area contributed by atoms with Gasteiger partial charge >= 0.3 is 5.97 Å². The third kappa shape index (κ3) is 2.94. The van der Waals surface area contributed by atoms with Crippen LogP contribution in [0.5, 0.6) is 5.75 Å². The first-order chi connectivity index (χ1) is 8.13. The lowest BCUT2D eigenvalue weighted by molar-refractivity contribution is 0.0521. The summed E-state index contributed by atoms with van der Waals surface area (Å²) in [7, 11) is 0. The molecule has 0 saturated carbocycles. The molecule has 0 N–H and O–H groups in total. The first-order valence-electron chi connectivity index (χ1n) is 5.17. The number of benzene rings is 1. The van der Waals surface area contributed by atoms with Crippen LogP contribution in [0.25, 0.3) is 0 Å². The molecule has 0 saturated heterocycles. The summed E-state index contributed by atoms with van der Waals surface area (Å²) in [6.07, 6.45) is 0. The van der Waals surface area contributed by atoms with Crippen molar-refractivity contribution >= 4 is 5.97 Å². The zero-order chi connectivity index (χ0) is 12.8. The van der Waals surface area contributed by atoms with Gasteiger partial charge in [-0.3, -0.25) is 0 Å². The van der Waals surface area contributed by atoms with E-state index < -0.39 is 11.8 Å². The highest BCUT2D eigenvalue weighted by Crippen LogP contribution is 2.23. The summed E-state index contributed by atoms with van der Waals surface area (Å²) in [5.74, 6) is -1.28. The molecule has 0 heterocycles. The lowest BCUT2D eigenvalue weighted by atomic mass is 10.1.